The predicted octanol–water partition coefficient (Wildman–Crippen LogP) is 7.08. The molecule has 3 heterocycles. The van der Waals surface area contributed by atoms with Crippen molar-refractivity contribution in [2.45, 2.75) is 93.3 Å². The number of methoxy groups -OCH3 is 1. The summed E-state index contributed by atoms with van der Waals surface area (Å²) in [4.78, 5) is 74.0. The Balaban J connectivity index is 1.56. The molecule has 2 aromatic carbocycles. The third kappa shape index (κ3) is 9.32. The number of aliphatic hydroxyl groups is 1. The summed E-state index contributed by atoms with van der Waals surface area (Å²) < 4.78 is 36.5. The molecule has 0 fully saturated rings. The van der Waals surface area contributed by atoms with Crippen molar-refractivity contribution in [1.82, 2.24) is 9.88 Å². The van der Waals surface area contributed by atoms with Gasteiger partial charge in [-0.1, -0.05) is 52.8 Å². The van der Waals surface area contributed by atoms with E-state index in [1.807, 2.05) is 34.6 Å². The van der Waals surface area contributed by atoms with E-state index in [1.54, 1.807) is 56.5 Å². The highest BCUT2D eigenvalue weighted by molar-refractivity contribution is 6.22. The van der Waals surface area contributed by atoms with Gasteiger partial charge in [0.1, 0.15) is 46.9 Å². The number of carbonyl (C=O) groups is 4. The summed E-state index contributed by atoms with van der Waals surface area (Å²) in [5, 5.41) is 25.6. The van der Waals surface area contributed by atoms with Crippen LogP contribution in [-0.2, 0) is 28.6 Å². The molecule has 16 nitrogen and oxygen atoms in total. The molecular weight excluding hydrogens is 839 g/mol. The number of hydrogen-bond acceptors (Lipinski definition) is 14. The average Bonchev–Trinajstić information content (AvgIpc) is 3.53. The number of hydrogen-bond donors (Lipinski definition) is 3. The number of anilines is 1. The second kappa shape index (κ2) is 19.1. The highest BCUT2D eigenvalue weighted by atomic mass is 16.7. The number of fused-ring (bicyclic) bond motifs is 2. The zero-order chi connectivity index (χ0) is 47.8. The number of allylic oxidation sites excluding steroid dienone is 2. The molecule has 348 valence electrons. The fourth-order valence-corrected chi connectivity index (χ4v) is 8.55. The van der Waals surface area contributed by atoms with E-state index in [-0.39, 0.29) is 97.6 Å². The van der Waals surface area contributed by atoms with Crippen molar-refractivity contribution in [2.24, 2.45) is 29.6 Å². The highest BCUT2D eigenvalue weighted by Gasteiger charge is 2.50. The first-order chi connectivity index (χ1) is 30.6. The lowest BCUT2D eigenvalue weighted by molar-refractivity contribution is -0.157. The number of aromatic hydroxyl groups is 1. The second-order valence-corrected chi connectivity index (χ2v) is 17.5. The number of benzene rings is 3. The molecular formula is C49H59N3O13. The summed E-state index contributed by atoms with van der Waals surface area (Å²) in [6.45, 7) is 17.3. The number of aromatic nitrogens is 1. The smallest absolute Gasteiger partial charge is 0.312 e. The summed E-state index contributed by atoms with van der Waals surface area (Å²) in [6, 6.07) is 4.80. The van der Waals surface area contributed by atoms with Crippen molar-refractivity contribution >= 4 is 51.1 Å². The van der Waals surface area contributed by atoms with Gasteiger partial charge < -0.3 is 48.5 Å². The van der Waals surface area contributed by atoms with E-state index in [0.29, 0.717) is 12.3 Å². The minimum atomic E-state index is -2.02. The number of phenols is 1. The minimum absolute atomic E-state index is 0.0384. The van der Waals surface area contributed by atoms with Crippen LogP contribution >= 0.6 is 0 Å². The van der Waals surface area contributed by atoms with E-state index in [4.69, 9.17) is 33.1 Å². The maximum absolute atomic E-state index is 14.7. The van der Waals surface area contributed by atoms with E-state index in [1.165, 1.54) is 46.0 Å². The number of esters is 1. The van der Waals surface area contributed by atoms with Gasteiger partial charge in [-0.2, -0.15) is 0 Å². The zero-order valence-electron chi connectivity index (χ0n) is 38.9. The van der Waals surface area contributed by atoms with Gasteiger partial charge in [0.25, 0.3) is 11.7 Å². The molecule has 2 amide bonds. The van der Waals surface area contributed by atoms with Crippen molar-refractivity contribution in [3.63, 3.8) is 0 Å². The molecule has 3 N–H and O–H groups in total. The largest absolute Gasteiger partial charge is 0.507 e. The molecule has 0 unspecified atom stereocenters. The van der Waals surface area contributed by atoms with Crippen molar-refractivity contribution < 1.29 is 57.5 Å². The van der Waals surface area contributed by atoms with E-state index < -0.39 is 58.9 Å². The number of likely N-dealkylation sites (N-methyl/N-ethyl adjacent to an activating group) is 1. The quantitative estimate of drug-likeness (QED) is 0.100. The molecule has 0 radical (unpaired) electrons. The lowest BCUT2D eigenvalue weighted by Crippen LogP contribution is -2.43. The van der Waals surface area contributed by atoms with Crippen LogP contribution in [0.2, 0.25) is 0 Å². The van der Waals surface area contributed by atoms with Crippen LogP contribution in [0.5, 0.6) is 17.2 Å². The Morgan fingerprint density at radius 3 is 2.35 bits per heavy atom. The van der Waals surface area contributed by atoms with Crippen LogP contribution in [0, 0.1) is 36.5 Å². The maximum Gasteiger partial charge on any atom is 0.312 e. The molecule has 4 bridgehead atoms. The number of nitrogens with zero attached hydrogens (tertiary/aromatic N) is 2. The zero-order valence-corrected chi connectivity index (χ0v) is 38.9. The lowest BCUT2D eigenvalue weighted by atomic mass is 9.73. The molecule has 0 spiro atoms. The summed E-state index contributed by atoms with van der Waals surface area (Å²) in [7, 11) is 3.15. The second-order valence-electron chi connectivity index (χ2n) is 17.5. The van der Waals surface area contributed by atoms with Crippen LogP contribution in [0.25, 0.3) is 33.3 Å². The first-order valence-corrected chi connectivity index (χ1v) is 21.7. The summed E-state index contributed by atoms with van der Waals surface area (Å²) in [5.74, 6) is -5.91. The standard InChI is InChI=1S/C49H59N3O13/c1-23-14-13-15-24(2)48(59)51-40-43(57)37-36(39-46(40)64-35-22-32(16-17-33(35)50-39)61-21-19-52(11)30(8)53)38-45(29(7)42(37)56)65-49(10,47(38)58)62-20-18-34(60-12)28(6)44(63-31(9)54)27(5)25(3)26(4)41(23)55/h13-18,20,22-23,25-28,34,41,44,55-56H,19,21H2,1-12H3,(H,51,59)/b14-13+,20-18+,24-15-/t23-,25+,26-,27+,28+,34-,41-,44-,49-/m0/s1. The number of amides is 2. The van der Waals surface area contributed by atoms with Crippen molar-refractivity contribution in [3.8, 4) is 28.7 Å². The molecule has 65 heavy (non-hydrogen) atoms. The molecule has 9 atom stereocenters. The molecule has 6 rings (SSSR count). The van der Waals surface area contributed by atoms with E-state index in [0.717, 1.165) is 0 Å². The van der Waals surface area contributed by atoms with Crippen LogP contribution in [0.3, 0.4) is 0 Å². The number of phenolic OH excluding ortho intramolecular Hbond substituents is 1. The Labute approximate surface area is 377 Å². The highest BCUT2D eigenvalue weighted by Crippen LogP contribution is 2.50. The average molecular weight is 898 g/mol. The van der Waals surface area contributed by atoms with Crippen LogP contribution in [-0.4, -0.2) is 95.1 Å². The fourth-order valence-electron chi connectivity index (χ4n) is 8.55. The third-order valence-corrected chi connectivity index (χ3v) is 13.1. The number of rotatable bonds is 6. The summed E-state index contributed by atoms with van der Waals surface area (Å²) >= 11 is 0. The Bertz CT molecular complexity index is 2650. The third-order valence-electron chi connectivity index (χ3n) is 13.1. The van der Waals surface area contributed by atoms with Crippen LogP contribution < -0.4 is 20.2 Å². The molecule has 4 aliphatic rings. The minimum Gasteiger partial charge on any atom is -0.507 e. The van der Waals surface area contributed by atoms with Crippen molar-refractivity contribution in [2.75, 3.05) is 32.6 Å². The van der Waals surface area contributed by atoms with E-state index in [2.05, 4.69) is 5.32 Å². The number of Topliss-reactive ketones (excluding diaryl/α,β-unsaturated/α-hetero) is 1. The summed E-state index contributed by atoms with van der Waals surface area (Å²) in [5.41, 5.74) is -0.657. The number of ether oxygens (including phenoxy) is 5. The Morgan fingerprint density at radius 2 is 1.69 bits per heavy atom. The monoisotopic (exact) mass is 897 g/mol. The number of ketones is 1. The molecule has 0 saturated carbocycles. The molecule has 1 aliphatic carbocycles. The fraction of sp³-hybridized carbons (Fsp3) is 0.469. The number of aliphatic hydroxyl groups excluding tert-OH is 1. The summed E-state index contributed by atoms with van der Waals surface area (Å²) in [6.07, 6.45) is 5.62. The van der Waals surface area contributed by atoms with E-state index in [9.17, 15) is 34.2 Å². The molecule has 16 heteroatoms. The Hall–Kier alpha value is -6.26. The first-order valence-electron chi connectivity index (χ1n) is 21.7. The van der Waals surface area contributed by atoms with Crippen molar-refractivity contribution in [1.29, 1.82) is 0 Å². The van der Waals surface area contributed by atoms with Gasteiger partial charge >= 0.3 is 11.8 Å². The van der Waals surface area contributed by atoms with Gasteiger partial charge in [0, 0.05) is 69.4 Å². The van der Waals surface area contributed by atoms with Crippen LogP contribution in [0.1, 0.15) is 78.2 Å². The first kappa shape index (κ1) is 48.2. The van der Waals surface area contributed by atoms with Gasteiger partial charge in [0.15, 0.2) is 11.3 Å². The maximum atomic E-state index is 14.7. The van der Waals surface area contributed by atoms with Gasteiger partial charge in [-0.05, 0) is 49.8 Å². The topological polar surface area (TPSA) is 213 Å². The molecule has 0 saturated heterocycles. The SMILES string of the molecule is CO[C@H]1/C=C/O[C@@]2(C)Oc3c(C)c(O)c4c(=O)c(c5oc6cc(OCCN(C)C(C)=O)ccc6nc-5c4c3C2=O)NC(=O)/C(C)=C\C=C\[C@H](C)[C@H](O)[C@@H](C)[C@@H](C)[C@@H](C)[C@H](OC(C)=O)[C@@H]1C. The van der Waals surface area contributed by atoms with Gasteiger partial charge in [-0.15, -0.1) is 0 Å². The number of carbonyl (C=O) groups excluding carboxylic acids is 4. The normalized spacial score (nSPS) is 28.3. The Morgan fingerprint density at radius 1 is 0.985 bits per heavy atom. The van der Waals surface area contributed by atoms with Gasteiger partial charge in [-0.3, -0.25) is 24.0 Å². The molecule has 2 aromatic rings. The van der Waals surface area contributed by atoms with E-state index >= 15 is 0 Å². The van der Waals surface area contributed by atoms with Crippen molar-refractivity contribution in [3.05, 3.63) is 75.7 Å². The lowest BCUT2D eigenvalue weighted by Gasteiger charge is -2.39. The molecule has 0 aromatic heterocycles. The van der Waals surface area contributed by atoms with Gasteiger partial charge in [0.2, 0.25) is 11.3 Å². The van der Waals surface area contributed by atoms with Crippen LogP contribution in [0.15, 0.2) is 63.6 Å². The Kier molecular flexibility index (Phi) is 14.1. The predicted molar refractivity (Wildman–Crippen MR) is 243 cm³/mol. The van der Waals surface area contributed by atoms with Gasteiger partial charge in [-0.25, -0.2) is 4.98 Å². The van der Waals surface area contributed by atoms with Gasteiger partial charge in [0.05, 0.1) is 36.0 Å². The molecule has 3 aliphatic heterocycles. The van der Waals surface area contributed by atoms with Crippen LogP contribution in [0.4, 0.5) is 5.69 Å². The number of nitrogens with one attached hydrogen (secondary N) is 1.